The van der Waals surface area contributed by atoms with Crippen molar-refractivity contribution in [2.24, 2.45) is 0 Å². The van der Waals surface area contributed by atoms with Crippen LogP contribution < -0.4 is 25.6 Å². The van der Waals surface area contributed by atoms with Gasteiger partial charge < -0.3 is 20.9 Å². The molecule has 9 nitrogen and oxygen atoms in total. The van der Waals surface area contributed by atoms with Crippen LogP contribution in [0.4, 0.5) is 28.8 Å². The van der Waals surface area contributed by atoms with E-state index in [4.69, 9.17) is 11.6 Å². The van der Waals surface area contributed by atoms with Crippen molar-refractivity contribution in [1.29, 1.82) is 0 Å². The van der Waals surface area contributed by atoms with Gasteiger partial charge in [0.15, 0.2) is 5.82 Å². The zero-order valence-electron chi connectivity index (χ0n) is 17.4. The van der Waals surface area contributed by atoms with Crippen LogP contribution >= 0.6 is 11.6 Å². The molecule has 0 unspecified atom stereocenters. The monoisotopic (exact) mass is 473 g/mol. The first kappa shape index (κ1) is 22.3. The lowest BCUT2D eigenvalue weighted by atomic mass is 10.1. The highest BCUT2D eigenvalue weighted by Gasteiger charge is 2.13. The highest BCUT2D eigenvalue weighted by Crippen LogP contribution is 2.29. The Morgan fingerprint density at radius 1 is 1.19 bits per heavy atom. The first-order valence-corrected chi connectivity index (χ1v) is 11.6. The fraction of sp³-hybridized carbons (Fsp3) is 0.238. The Hall–Kier alpha value is -2.92. The zero-order valence-corrected chi connectivity index (χ0v) is 19.1. The van der Waals surface area contributed by atoms with Crippen molar-refractivity contribution in [3.8, 4) is 0 Å². The lowest BCUT2D eigenvalue weighted by molar-refractivity contribution is 0.601. The van der Waals surface area contributed by atoms with E-state index in [1.807, 2.05) is 30.3 Å². The van der Waals surface area contributed by atoms with Gasteiger partial charge in [0.1, 0.15) is 5.02 Å². The van der Waals surface area contributed by atoms with Gasteiger partial charge in [-0.3, -0.25) is 0 Å². The second-order valence-corrected chi connectivity index (χ2v) is 8.57. The predicted molar refractivity (Wildman–Crippen MR) is 129 cm³/mol. The molecule has 2 aromatic carbocycles. The van der Waals surface area contributed by atoms with Gasteiger partial charge in [0.05, 0.1) is 6.20 Å². The average Bonchev–Trinajstić information content (AvgIpc) is 2.96. The molecule has 3 aromatic rings. The van der Waals surface area contributed by atoms with Crippen LogP contribution in [0, 0.1) is 0 Å². The van der Waals surface area contributed by atoms with Crippen molar-refractivity contribution in [3.05, 3.63) is 64.8 Å². The molecule has 0 spiro atoms. The Morgan fingerprint density at radius 2 is 2.03 bits per heavy atom. The van der Waals surface area contributed by atoms with E-state index in [-0.39, 0.29) is 6.54 Å². The van der Waals surface area contributed by atoms with Crippen molar-refractivity contribution in [2.45, 2.75) is 13.1 Å². The number of rotatable bonds is 7. The summed E-state index contributed by atoms with van der Waals surface area (Å²) in [5.74, 6) is 0.809. The number of halogens is 1. The summed E-state index contributed by atoms with van der Waals surface area (Å²) in [7, 11) is -0.616. The summed E-state index contributed by atoms with van der Waals surface area (Å²) < 4.78 is 24.2. The number of thiol groups is 1. The number of nitrogens with zero attached hydrogens (tertiary/aromatic N) is 3. The summed E-state index contributed by atoms with van der Waals surface area (Å²) in [4.78, 5) is 11.0. The van der Waals surface area contributed by atoms with E-state index in [9.17, 15) is 8.42 Å². The van der Waals surface area contributed by atoms with Crippen LogP contribution in [0.3, 0.4) is 0 Å². The van der Waals surface area contributed by atoms with Crippen LogP contribution in [-0.4, -0.2) is 38.5 Å². The molecular weight excluding hydrogens is 450 g/mol. The molecule has 4 N–H and O–H groups in total. The van der Waals surface area contributed by atoms with Gasteiger partial charge >= 0.3 is 0 Å². The molecule has 0 saturated heterocycles. The standard InChI is InChI=1S/C21H24ClN7O2S/c1-29-9-8-23-11-15-6-7-16(10-19(15)29)26-21-24-13-17(22)20(28-21)27-18-5-3-2-4-14(18)12-25-32(30)31/h2-7,10,13,23,32H,8-9,11-12H2,1H3,(H,25,30,31)(H2,24,26,27,28). The largest absolute Gasteiger partial charge is 0.373 e. The minimum Gasteiger partial charge on any atom is -0.373 e. The molecule has 0 fully saturated rings. The Balaban J connectivity index is 1.55. The van der Waals surface area contributed by atoms with Crippen molar-refractivity contribution in [3.63, 3.8) is 0 Å². The number of hydrogen-bond donors (Lipinski definition) is 5. The van der Waals surface area contributed by atoms with E-state index < -0.39 is 10.9 Å². The van der Waals surface area contributed by atoms with Gasteiger partial charge in [-0.2, -0.15) is 4.98 Å². The van der Waals surface area contributed by atoms with E-state index in [1.54, 1.807) is 0 Å². The lowest BCUT2D eigenvalue weighted by Gasteiger charge is -2.20. The number of nitrogens with one attached hydrogen (secondary N) is 4. The van der Waals surface area contributed by atoms with Crippen LogP contribution in [0.15, 0.2) is 48.7 Å². The summed E-state index contributed by atoms with van der Waals surface area (Å²) in [6.07, 6.45) is 1.52. The highest BCUT2D eigenvalue weighted by molar-refractivity contribution is 7.70. The molecule has 168 valence electrons. The van der Waals surface area contributed by atoms with Gasteiger partial charge in [-0.05, 0) is 29.3 Å². The third-order valence-corrected chi connectivity index (χ3v) is 5.80. The van der Waals surface area contributed by atoms with Crippen molar-refractivity contribution in [2.75, 3.05) is 35.7 Å². The average molecular weight is 474 g/mol. The summed E-state index contributed by atoms with van der Waals surface area (Å²) in [6, 6.07) is 13.5. The molecule has 0 saturated carbocycles. The molecule has 0 atom stereocenters. The third kappa shape index (κ3) is 5.46. The summed E-state index contributed by atoms with van der Waals surface area (Å²) >= 11 is 6.32. The molecule has 0 bridgehead atoms. The summed E-state index contributed by atoms with van der Waals surface area (Å²) in [5.41, 5.74) is 4.72. The first-order valence-electron chi connectivity index (χ1n) is 10.1. The Kier molecular flexibility index (Phi) is 7.05. The number of aromatic nitrogens is 2. The number of fused-ring (bicyclic) bond motifs is 1. The van der Waals surface area contributed by atoms with Crippen molar-refractivity contribution < 1.29 is 8.42 Å². The van der Waals surface area contributed by atoms with E-state index in [1.165, 1.54) is 11.8 Å². The number of likely N-dealkylation sites (N-methyl/N-ethyl adjacent to an activating group) is 1. The summed E-state index contributed by atoms with van der Waals surface area (Å²) in [6.45, 7) is 2.86. The maximum Gasteiger partial charge on any atom is 0.229 e. The van der Waals surface area contributed by atoms with E-state index in [0.29, 0.717) is 22.5 Å². The van der Waals surface area contributed by atoms with Crippen LogP contribution in [0.1, 0.15) is 11.1 Å². The Morgan fingerprint density at radius 3 is 2.88 bits per heavy atom. The lowest BCUT2D eigenvalue weighted by Crippen LogP contribution is -2.24. The van der Waals surface area contributed by atoms with Crippen LogP contribution in [-0.2, 0) is 24.0 Å². The number of para-hydroxylation sites is 1. The van der Waals surface area contributed by atoms with E-state index in [2.05, 4.69) is 54.7 Å². The van der Waals surface area contributed by atoms with E-state index >= 15 is 0 Å². The maximum absolute atomic E-state index is 10.9. The number of benzene rings is 2. The molecule has 4 rings (SSSR count). The smallest absolute Gasteiger partial charge is 0.229 e. The molecule has 0 aliphatic carbocycles. The second-order valence-electron chi connectivity index (χ2n) is 7.33. The SMILES string of the molecule is CN1CCNCc2ccc(Nc3ncc(Cl)c(Nc4ccccc4CN[SH](=O)=O)n3)cc21. The second kappa shape index (κ2) is 10.1. The predicted octanol–water partition coefficient (Wildman–Crippen LogP) is 2.77. The van der Waals surface area contributed by atoms with Gasteiger partial charge in [0.25, 0.3) is 0 Å². The van der Waals surface area contributed by atoms with Crippen molar-refractivity contribution >= 4 is 51.3 Å². The molecule has 1 aliphatic heterocycles. The van der Waals surface area contributed by atoms with Gasteiger partial charge in [-0.25, -0.2) is 18.1 Å². The number of anilines is 5. The third-order valence-electron chi connectivity index (χ3n) is 5.11. The molecule has 0 amide bonds. The minimum atomic E-state index is -2.69. The summed E-state index contributed by atoms with van der Waals surface area (Å²) in [5, 5.41) is 10.2. The van der Waals surface area contributed by atoms with Gasteiger partial charge in [0, 0.05) is 50.3 Å². The van der Waals surface area contributed by atoms with Crippen LogP contribution in [0.2, 0.25) is 5.02 Å². The molecule has 32 heavy (non-hydrogen) atoms. The van der Waals surface area contributed by atoms with Crippen molar-refractivity contribution in [1.82, 2.24) is 20.0 Å². The van der Waals surface area contributed by atoms with Gasteiger partial charge in [-0.15, -0.1) is 0 Å². The Bertz CT molecular complexity index is 1180. The maximum atomic E-state index is 10.9. The van der Waals surface area contributed by atoms with Gasteiger partial charge in [-0.1, -0.05) is 35.9 Å². The Labute approximate surface area is 193 Å². The van der Waals surface area contributed by atoms with Crippen LogP contribution in [0.25, 0.3) is 0 Å². The molecule has 2 heterocycles. The quantitative estimate of drug-likeness (QED) is 0.333. The molecule has 11 heteroatoms. The number of hydrogen-bond acceptors (Lipinski definition) is 8. The molecule has 0 radical (unpaired) electrons. The fourth-order valence-electron chi connectivity index (χ4n) is 3.45. The van der Waals surface area contributed by atoms with Crippen LogP contribution in [0.5, 0.6) is 0 Å². The zero-order chi connectivity index (χ0) is 22.5. The highest BCUT2D eigenvalue weighted by atomic mass is 35.5. The molecular formula is C21H24ClN7O2S. The minimum absolute atomic E-state index is 0.160. The first-order chi connectivity index (χ1) is 15.5. The molecule has 1 aromatic heterocycles. The topological polar surface area (TPSA) is 111 Å². The van der Waals surface area contributed by atoms with Gasteiger partial charge in [0.2, 0.25) is 16.8 Å². The molecule has 1 aliphatic rings. The van der Waals surface area contributed by atoms with E-state index in [0.717, 1.165) is 36.6 Å². The normalized spacial score (nSPS) is 13.5. The fourth-order valence-corrected chi connectivity index (χ4v) is 3.89.